The number of amides is 1. The molecule has 1 amide bonds. The van der Waals surface area contributed by atoms with Gasteiger partial charge in [-0.25, -0.2) is 4.39 Å². The summed E-state index contributed by atoms with van der Waals surface area (Å²) in [6.45, 7) is 8.14. The van der Waals surface area contributed by atoms with Crippen molar-refractivity contribution in [1.82, 2.24) is 9.80 Å². The van der Waals surface area contributed by atoms with Crippen LogP contribution >= 0.6 is 0 Å². The predicted molar refractivity (Wildman–Crippen MR) is 114 cm³/mol. The van der Waals surface area contributed by atoms with Gasteiger partial charge in [0.1, 0.15) is 5.82 Å². The van der Waals surface area contributed by atoms with Crippen LogP contribution in [-0.4, -0.2) is 60.4 Å². The maximum Gasteiger partial charge on any atom is 0.290 e. The molecule has 1 atom stereocenters. The number of nitrogens with zero attached hydrogens (tertiary/aromatic N) is 2. The molecule has 1 aromatic rings. The fourth-order valence-corrected chi connectivity index (χ4v) is 4.42. The van der Waals surface area contributed by atoms with Crippen molar-refractivity contribution in [3.05, 3.63) is 35.6 Å². The number of likely N-dealkylation sites (tertiary alicyclic amines) is 1. The molecule has 0 aliphatic carbocycles. The molecule has 0 saturated carbocycles. The van der Waals surface area contributed by atoms with E-state index < -0.39 is 0 Å². The molecule has 0 aromatic heterocycles. The number of halogens is 1. The third-order valence-electron chi connectivity index (χ3n) is 6.10. The number of hydrogen-bond donors (Lipinski definition) is 0. The van der Waals surface area contributed by atoms with E-state index in [1.54, 1.807) is 11.0 Å². The molecule has 166 valence electrons. The standard InChI is InChI=1S/C24H35FN2O3/c1-18(2)14-23(28)24(29)27(17-21-7-5-13-30-21)15-19-9-11-26(12-10-19)16-20-6-3-4-8-22(20)25/h3-4,6,8,18-19,21H,5,7,9-17H2,1-2H3. The molecule has 0 N–H and O–H groups in total. The van der Waals surface area contributed by atoms with Crippen molar-refractivity contribution in [2.24, 2.45) is 11.8 Å². The van der Waals surface area contributed by atoms with Crippen LogP contribution in [0.5, 0.6) is 0 Å². The molecule has 0 radical (unpaired) electrons. The molecular formula is C24H35FN2O3. The SMILES string of the molecule is CC(C)CC(=O)C(=O)N(CC1CCN(Cc2ccccc2F)CC1)CC1CCCO1. The lowest BCUT2D eigenvalue weighted by Gasteiger charge is -2.35. The first-order chi connectivity index (χ1) is 14.4. The van der Waals surface area contributed by atoms with E-state index in [1.807, 2.05) is 26.0 Å². The third-order valence-corrected chi connectivity index (χ3v) is 6.10. The summed E-state index contributed by atoms with van der Waals surface area (Å²) in [5.74, 6) is -0.267. The van der Waals surface area contributed by atoms with Crippen molar-refractivity contribution in [3.8, 4) is 0 Å². The average molecular weight is 419 g/mol. The second kappa shape index (κ2) is 11.0. The number of carbonyl (C=O) groups excluding carboxylic acids is 2. The number of rotatable bonds is 9. The van der Waals surface area contributed by atoms with Gasteiger partial charge in [0.2, 0.25) is 5.78 Å². The first-order valence-electron chi connectivity index (χ1n) is 11.3. The largest absolute Gasteiger partial charge is 0.376 e. The maximum absolute atomic E-state index is 13.9. The maximum atomic E-state index is 13.9. The van der Waals surface area contributed by atoms with E-state index >= 15 is 0 Å². The number of benzene rings is 1. The topological polar surface area (TPSA) is 49.9 Å². The van der Waals surface area contributed by atoms with Crippen molar-refractivity contribution in [1.29, 1.82) is 0 Å². The molecule has 2 fully saturated rings. The number of piperidine rings is 1. The van der Waals surface area contributed by atoms with Crippen molar-refractivity contribution in [2.75, 3.05) is 32.8 Å². The van der Waals surface area contributed by atoms with E-state index in [2.05, 4.69) is 4.90 Å². The van der Waals surface area contributed by atoms with Crippen molar-refractivity contribution < 1.29 is 18.7 Å². The summed E-state index contributed by atoms with van der Waals surface area (Å²) < 4.78 is 19.7. The van der Waals surface area contributed by atoms with Gasteiger partial charge in [-0.2, -0.15) is 0 Å². The van der Waals surface area contributed by atoms with Gasteiger partial charge in [0, 0.05) is 38.2 Å². The summed E-state index contributed by atoms with van der Waals surface area (Å²) in [5.41, 5.74) is 0.727. The normalized spacial score (nSPS) is 20.6. The van der Waals surface area contributed by atoms with Crippen LogP contribution in [0.2, 0.25) is 0 Å². The molecule has 2 aliphatic rings. The van der Waals surface area contributed by atoms with E-state index in [1.165, 1.54) is 6.07 Å². The van der Waals surface area contributed by atoms with Crippen LogP contribution < -0.4 is 0 Å². The Labute approximate surface area is 179 Å². The lowest BCUT2D eigenvalue weighted by molar-refractivity contribution is -0.146. The fourth-order valence-electron chi connectivity index (χ4n) is 4.42. The van der Waals surface area contributed by atoms with Gasteiger partial charge in [-0.1, -0.05) is 32.0 Å². The van der Waals surface area contributed by atoms with E-state index in [0.29, 0.717) is 32.0 Å². The van der Waals surface area contributed by atoms with E-state index in [0.717, 1.165) is 50.9 Å². The van der Waals surface area contributed by atoms with Crippen LogP contribution in [-0.2, 0) is 20.9 Å². The van der Waals surface area contributed by atoms with Gasteiger partial charge >= 0.3 is 0 Å². The van der Waals surface area contributed by atoms with Gasteiger partial charge in [0.05, 0.1) is 6.10 Å². The molecule has 1 aromatic carbocycles. The number of ketones is 1. The second-order valence-electron chi connectivity index (χ2n) is 9.18. The van der Waals surface area contributed by atoms with Gasteiger partial charge in [-0.15, -0.1) is 0 Å². The second-order valence-corrected chi connectivity index (χ2v) is 9.18. The first-order valence-corrected chi connectivity index (χ1v) is 11.3. The van der Waals surface area contributed by atoms with Gasteiger partial charge in [-0.3, -0.25) is 14.5 Å². The Hall–Kier alpha value is -1.79. The number of Topliss-reactive ketones (excluding diaryl/α,β-unsaturated/α-hetero) is 1. The average Bonchev–Trinajstić information content (AvgIpc) is 3.22. The van der Waals surface area contributed by atoms with Gasteiger partial charge in [0.25, 0.3) is 5.91 Å². The van der Waals surface area contributed by atoms with Crippen LogP contribution in [0.15, 0.2) is 24.3 Å². The van der Waals surface area contributed by atoms with Crippen LogP contribution in [0.1, 0.15) is 51.5 Å². The Morgan fingerprint density at radius 1 is 1.17 bits per heavy atom. The van der Waals surface area contributed by atoms with Crippen LogP contribution in [0, 0.1) is 17.7 Å². The minimum absolute atomic E-state index is 0.0435. The minimum atomic E-state index is -0.354. The minimum Gasteiger partial charge on any atom is -0.376 e. The first kappa shape index (κ1) is 22.9. The summed E-state index contributed by atoms with van der Waals surface area (Å²) in [4.78, 5) is 29.3. The molecule has 0 bridgehead atoms. The van der Waals surface area contributed by atoms with Crippen LogP contribution in [0.3, 0.4) is 0 Å². The van der Waals surface area contributed by atoms with E-state index in [9.17, 15) is 14.0 Å². The monoisotopic (exact) mass is 418 g/mol. The lowest BCUT2D eigenvalue weighted by atomic mass is 9.95. The highest BCUT2D eigenvalue weighted by Gasteiger charge is 2.30. The molecule has 3 rings (SSSR count). The van der Waals surface area contributed by atoms with Gasteiger partial charge < -0.3 is 9.64 Å². The summed E-state index contributed by atoms with van der Waals surface area (Å²) in [7, 11) is 0. The highest BCUT2D eigenvalue weighted by atomic mass is 19.1. The Balaban J connectivity index is 1.54. The molecule has 6 heteroatoms. The summed E-state index contributed by atoms with van der Waals surface area (Å²) in [6.07, 6.45) is 4.19. The Bertz CT molecular complexity index is 710. The van der Waals surface area contributed by atoms with Crippen molar-refractivity contribution in [3.63, 3.8) is 0 Å². The molecule has 2 aliphatic heterocycles. The van der Waals surface area contributed by atoms with E-state index in [4.69, 9.17) is 4.74 Å². The number of carbonyl (C=O) groups is 2. The molecule has 2 heterocycles. The van der Waals surface area contributed by atoms with Gasteiger partial charge in [-0.05, 0) is 56.7 Å². The number of ether oxygens (including phenoxy) is 1. The smallest absolute Gasteiger partial charge is 0.290 e. The third kappa shape index (κ3) is 6.61. The highest BCUT2D eigenvalue weighted by Crippen LogP contribution is 2.23. The summed E-state index contributed by atoms with van der Waals surface area (Å²) in [6, 6.07) is 6.92. The number of hydrogen-bond acceptors (Lipinski definition) is 4. The quantitative estimate of drug-likeness (QED) is 0.575. The molecule has 30 heavy (non-hydrogen) atoms. The predicted octanol–water partition coefficient (Wildman–Crippen LogP) is 3.66. The Kier molecular flexibility index (Phi) is 8.40. The van der Waals surface area contributed by atoms with Crippen LogP contribution in [0.4, 0.5) is 4.39 Å². The zero-order valence-corrected chi connectivity index (χ0v) is 18.3. The molecular weight excluding hydrogens is 383 g/mol. The molecule has 5 nitrogen and oxygen atoms in total. The zero-order valence-electron chi connectivity index (χ0n) is 18.3. The Morgan fingerprint density at radius 2 is 1.90 bits per heavy atom. The Morgan fingerprint density at radius 3 is 2.53 bits per heavy atom. The van der Waals surface area contributed by atoms with Gasteiger partial charge in [0.15, 0.2) is 0 Å². The molecule has 0 spiro atoms. The zero-order chi connectivity index (χ0) is 21.5. The molecule has 1 unspecified atom stereocenters. The van der Waals surface area contributed by atoms with Crippen molar-refractivity contribution >= 4 is 11.7 Å². The lowest BCUT2D eigenvalue weighted by Crippen LogP contribution is -2.46. The highest BCUT2D eigenvalue weighted by molar-refractivity contribution is 6.36. The summed E-state index contributed by atoms with van der Waals surface area (Å²) in [5, 5.41) is 0. The van der Waals surface area contributed by atoms with E-state index in [-0.39, 0.29) is 29.5 Å². The summed E-state index contributed by atoms with van der Waals surface area (Å²) >= 11 is 0. The molecule has 2 saturated heterocycles. The fraction of sp³-hybridized carbons (Fsp3) is 0.667. The van der Waals surface area contributed by atoms with Crippen LogP contribution in [0.25, 0.3) is 0 Å². The van der Waals surface area contributed by atoms with Crippen molar-refractivity contribution in [2.45, 2.75) is 58.6 Å².